The van der Waals surface area contributed by atoms with E-state index in [-0.39, 0.29) is 0 Å². The van der Waals surface area contributed by atoms with Crippen LogP contribution in [0.15, 0.2) is 30.6 Å². The molecule has 0 aliphatic carbocycles. The molecule has 3 aromatic rings. The normalized spacial score (nSPS) is 12.5. The van der Waals surface area contributed by atoms with Crippen LogP contribution >= 0.6 is 11.6 Å². The van der Waals surface area contributed by atoms with Crippen LogP contribution in [0, 0.1) is 11.3 Å². The van der Waals surface area contributed by atoms with Gasteiger partial charge in [-0.05, 0) is 36.6 Å². The first kappa shape index (κ1) is 15.7. The lowest BCUT2D eigenvalue weighted by Crippen LogP contribution is -1.94. The van der Waals surface area contributed by atoms with Gasteiger partial charge >= 0.3 is 0 Å². The van der Waals surface area contributed by atoms with Gasteiger partial charge in [0, 0.05) is 22.7 Å². The molecule has 5 nitrogen and oxygen atoms in total. The fraction of sp³-hybridized carbons (Fsp3) is 0.211. The molecule has 4 rings (SSSR count). The third-order valence-corrected chi connectivity index (χ3v) is 4.76. The summed E-state index contributed by atoms with van der Waals surface area (Å²) in [5.41, 5.74) is 6.24. The number of nitrogens with zero attached hydrogens (tertiary/aromatic N) is 3. The van der Waals surface area contributed by atoms with Crippen LogP contribution in [0.3, 0.4) is 0 Å². The van der Waals surface area contributed by atoms with Gasteiger partial charge in [-0.25, -0.2) is 9.97 Å². The molecule has 0 fully saturated rings. The lowest BCUT2D eigenvalue weighted by atomic mass is 10.0. The molecule has 25 heavy (non-hydrogen) atoms. The minimum atomic E-state index is 0.588. The lowest BCUT2D eigenvalue weighted by molar-refractivity contribution is 1.08. The van der Waals surface area contributed by atoms with E-state index in [1.807, 2.05) is 24.3 Å². The van der Waals surface area contributed by atoms with E-state index in [2.05, 4.69) is 33.3 Å². The number of aromatic nitrogens is 3. The average Bonchev–Trinajstić information content (AvgIpc) is 3.28. The Kier molecular flexibility index (Phi) is 3.90. The zero-order chi connectivity index (χ0) is 17.4. The minimum Gasteiger partial charge on any atom is -0.369 e. The standard InChI is InChI=1S/C19H16ClN5/c1-2-11-3-4-13(20)8-15(11)17-12(9-21)7-16(25-17)18-14-5-6-22-19(14)24-10-23-18/h3-4,7-8,10,25H,2,5-6H2,1H3,(H,22,23,24). The van der Waals surface area contributed by atoms with E-state index < -0.39 is 0 Å². The topological polar surface area (TPSA) is 77.4 Å². The summed E-state index contributed by atoms with van der Waals surface area (Å²) in [5, 5.41) is 13.5. The molecule has 0 saturated heterocycles. The highest BCUT2D eigenvalue weighted by Gasteiger charge is 2.21. The average molecular weight is 350 g/mol. The van der Waals surface area contributed by atoms with Crippen molar-refractivity contribution in [1.29, 1.82) is 5.26 Å². The fourth-order valence-electron chi connectivity index (χ4n) is 3.31. The number of hydrogen-bond donors (Lipinski definition) is 2. The fourth-order valence-corrected chi connectivity index (χ4v) is 3.48. The van der Waals surface area contributed by atoms with Gasteiger partial charge in [0.05, 0.1) is 22.6 Å². The molecule has 3 heterocycles. The first-order valence-corrected chi connectivity index (χ1v) is 8.59. The molecule has 0 spiro atoms. The van der Waals surface area contributed by atoms with Gasteiger partial charge in [0.2, 0.25) is 0 Å². The molecule has 1 aromatic carbocycles. The molecule has 0 radical (unpaired) electrons. The van der Waals surface area contributed by atoms with Gasteiger partial charge in [-0.2, -0.15) is 5.26 Å². The highest BCUT2D eigenvalue weighted by Crippen LogP contribution is 2.35. The number of nitriles is 1. The molecule has 0 atom stereocenters. The molecule has 0 bridgehead atoms. The maximum Gasteiger partial charge on any atom is 0.133 e. The van der Waals surface area contributed by atoms with Crippen LogP contribution in [0.2, 0.25) is 5.02 Å². The van der Waals surface area contributed by atoms with Gasteiger partial charge < -0.3 is 10.3 Å². The highest BCUT2D eigenvalue weighted by molar-refractivity contribution is 6.30. The first-order valence-electron chi connectivity index (χ1n) is 8.21. The Hall–Kier alpha value is -2.84. The molecule has 6 heteroatoms. The van der Waals surface area contributed by atoms with Gasteiger partial charge in [-0.3, -0.25) is 0 Å². The summed E-state index contributed by atoms with van der Waals surface area (Å²) < 4.78 is 0. The highest BCUT2D eigenvalue weighted by atomic mass is 35.5. The smallest absolute Gasteiger partial charge is 0.133 e. The van der Waals surface area contributed by atoms with E-state index in [0.29, 0.717) is 10.6 Å². The van der Waals surface area contributed by atoms with Crippen LogP contribution in [0.4, 0.5) is 5.82 Å². The molecule has 2 N–H and O–H groups in total. The van der Waals surface area contributed by atoms with Crippen molar-refractivity contribution in [3.8, 4) is 28.7 Å². The summed E-state index contributed by atoms with van der Waals surface area (Å²) in [6.07, 6.45) is 3.29. The van der Waals surface area contributed by atoms with E-state index in [1.54, 1.807) is 6.33 Å². The SMILES string of the molecule is CCc1ccc(Cl)cc1-c1[nH]c(-c2ncnc3c2CCN3)cc1C#N. The van der Waals surface area contributed by atoms with E-state index in [9.17, 15) is 5.26 Å². The van der Waals surface area contributed by atoms with Crippen molar-refractivity contribution in [2.75, 3.05) is 11.9 Å². The molecule has 124 valence electrons. The third kappa shape index (κ3) is 2.65. The Labute approximate surface area is 150 Å². The van der Waals surface area contributed by atoms with Gasteiger partial charge in [0.15, 0.2) is 0 Å². The Morgan fingerprint density at radius 3 is 2.96 bits per heavy atom. The van der Waals surface area contributed by atoms with Crippen molar-refractivity contribution < 1.29 is 0 Å². The molecular weight excluding hydrogens is 334 g/mol. The Morgan fingerprint density at radius 2 is 2.16 bits per heavy atom. The predicted octanol–water partition coefficient (Wildman–Crippen LogP) is 4.19. The van der Waals surface area contributed by atoms with E-state index in [0.717, 1.165) is 59.0 Å². The van der Waals surface area contributed by atoms with Crippen molar-refractivity contribution in [2.45, 2.75) is 19.8 Å². The Balaban J connectivity index is 1.90. The molecule has 1 aliphatic heterocycles. The number of aryl methyl sites for hydroxylation is 1. The summed E-state index contributed by atoms with van der Waals surface area (Å²) in [5.74, 6) is 0.872. The van der Waals surface area contributed by atoms with Gasteiger partial charge in [0.1, 0.15) is 18.2 Å². The van der Waals surface area contributed by atoms with Crippen molar-refractivity contribution in [1.82, 2.24) is 15.0 Å². The molecular formula is C19H16ClN5. The van der Waals surface area contributed by atoms with Crippen LogP contribution in [0.1, 0.15) is 23.6 Å². The number of fused-ring (bicyclic) bond motifs is 1. The van der Waals surface area contributed by atoms with Gasteiger partial charge in [-0.15, -0.1) is 0 Å². The number of benzene rings is 1. The van der Waals surface area contributed by atoms with Crippen molar-refractivity contribution >= 4 is 17.4 Å². The monoisotopic (exact) mass is 349 g/mol. The second-order valence-electron chi connectivity index (χ2n) is 5.96. The lowest BCUT2D eigenvalue weighted by Gasteiger charge is -2.08. The number of nitrogens with one attached hydrogen (secondary N) is 2. The zero-order valence-electron chi connectivity index (χ0n) is 13.7. The van der Waals surface area contributed by atoms with E-state index >= 15 is 0 Å². The molecule has 0 saturated carbocycles. The predicted molar refractivity (Wildman–Crippen MR) is 98.6 cm³/mol. The Morgan fingerprint density at radius 1 is 1.28 bits per heavy atom. The van der Waals surface area contributed by atoms with E-state index in [1.165, 1.54) is 0 Å². The second kappa shape index (κ2) is 6.23. The summed E-state index contributed by atoms with van der Waals surface area (Å²) in [6, 6.07) is 9.94. The maximum atomic E-state index is 9.62. The molecule has 2 aromatic heterocycles. The van der Waals surface area contributed by atoms with Crippen molar-refractivity contribution in [3.05, 3.63) is 52.3 Å². The number of H-pyrrole nitrogens is 1. The van der Waals surface area contributed by atoms with Gasteiger partial charge in [0.25, 0.3) is 0 Å². The van der Waals surface area contributed by atoms with Crippen LogP contribution < -0.4 is 5.32 Å². The second-order valence-corrected chi connectivity index (χ2v) is 6.40. The van der Waals surface area contributed by atoms with Crippen LogP contribution in [-0.2, 0) is 12.8 Å². The molecule has 0 amide bonds. The largest absolute Gasteiger partial charge is 0.369 e. The number of anilines is 1. The maximum absolute atomic E-state index is 9.62. The number of aromatic amines is 1. The summed E-state index contributed by atoms with van der Waals surface area (Å²) in [7, 11) is 0. The zero-order valence-corrected chi connectivity index (χ0v) is 14.5. The number of rotatable bonds is 3. The van der Waals surface area contributed by atoms with E-state index in [4.69, 9.17) is 11.6 Å². The Bertz CT molecular complexity index is 1000. The van der Waals surface area contributed by atoms with Crippen LogP contribution in [0.5, 0.6) is 0 Å². The van der Waals surface area contributed by atoms with Gasteiger partial charge in [-0.1, -0.05) is 24.6 Å². The quantitative estimate of drug-likeness (QED) is 0.743. The number of hydrogen-bond acceptors (Lipinski definition) is 4. The summed E-state index contributed by atoms with van der Waals surface area (Å²) in [4.78, 5) is 12.1. The van der Waals surface area contributed by atoms with Crippen LogP contribution in [-0.4, -0.2) is 21.5 Å². The first-order chi connectivity index (χ1) is 12.2. The molecule has 1 aliphatic rings. The summed E-state index contributed by atoms with van der Waals surface area (Å²) >= 11 is 6.19. The third-order valence-electron chi connectivity index (χ3n) is 4.53. The molecule has 0 unspecified atom stereocenters. The van der Waals surface area contributed by atoms with Crippen LogP contribution in [0.25, 0.3) is 22.6 Å². The minimum absolute atomic E-state index is 0.588. The summed E-state index contributed by atoms with van der Waals surface area (Å²) in [6.45, 7) is 2.94. The number of halogens is 1. The van der Waals surface area contributed by atoms with Crippen molar-refractivity contribution in [3.63, 3.8) is 0 Å². The van der Waals surface area contributed by atoms with Crippen molar-refractivity contribution in [2.24, 2.45) is 0 Å².